The first-order valence-corrected chi connectivity index (χ1v) is 16.4. The number of fused-ring (bicyclic) bond motifs is 1. The predicted octanol–water partition coefficient (Wildman–Crippen LogP) is 5.96. The Bertz CT molecular complexity index is 1620. The Hall–Kier alpha value is -3.98. The quantitative estimate of drug-likeness (QED) is 0.216. The van der Waals surface area contributed by atoms with Gasteiger partial charge in [0.15, 0.2) is 0 Å². The number of carbonyl (C=O) groups is 1. The molecule has 10 heteroatoms. The number of ether oxygens (including phenoxy) is 1. The van der Waals surface area contributed by atoms with Gasteiger partial charge in [-0.3, -0.25) is 4.79 Å². The van der Waals surface area contributed by atoms with Crippen molar-refractivity contribution in [1.82, 2.24) is 24.4 Å². The molecule has 4 heterocycles. The number of imidazole rings is 1. The second-order valence-corrected chi connectivity index (χ2v) is 13.0. The zero-order valence-electron chi connectivity index (χ0n) is 25.3. The minimum Gasteiger partial charge on any atom is -0.493 e. The Morgan fingerprint density at radius 1 is 0.978 bits per heavy atom. The fourth-order valence-electron chi connectivity index (χ4n) is 7.02. The molecule has 2 fully saturated rings. The van der Waals surface area contributed by atoms with Crippen molar-refractivity contribution in [3.8, 4) is 5.75 Å². The molecule has 7 rings (SSSR count). The zero-order valence-corrected chi connectivity index (χ0v) is 26.1. The number of aromatic nitrogens is 4. The first kappa shape index (κ1) is 29.7. The van der Waals surface area contributed by atoms with Gasteiger partial charge >= 0.3 is 0 Å². The van der Waals surface area contributed by atoms with Crippen LogP contribution in [0.25, 0.3) is 0 Å². The SMILES string of the molecule is O=C(Cc1ccc(OCC[C@@H]2C[C@@H]2C2CCN(c3ncc(Cl)cn3)CC2)cc1F)N1CCn2c(Cc3ccccc3)cnc2C1. The third-order valence-corrected chi connectivity index (χ3v) is 9.86. The molecule has 0 unspecified atom stereocenters. The van der Waals surface area contributed by atoms with E-state index < -0.39 is 5.82 Å². The van der Waals surface area contributed by atoms with E-state index in [1.165, 1.54) is 18.1 Å². The number of hydrogen-bond donors (Lipinski definition) is 0. The van der Waals surface area contributed by atoms with Crippen molar-refractivity contribution >= 4 is 23.5 Å². The lowest BCUT2D eigenvalue weighted by molar-refractivity contribution is -0.132. The van der Waals surface area contributed by atoms with Crippen molar-refractivity contribution in [2.75, 3.05) is 31.1 Å². The summed E-state index contributed by atoms with van der Waals surface area (Å²) < 4.78 is 23.2. The average molecular weight is 629 g/mol. The van der Waals surface area contributed by atoms with Gasteiger partial charge in [0.2, 0.25) is 11.9 Å². The van der Waals surface area contributed by atoms with Crippen LogP contribution in [-0.4, -0.2) is 56.6 Å². The Balaban J connectivity index is 0.841. The molecule has 0 bridgehead atoms. The molecule has 2 aromatic carbocycles. The highest BCUT2D eigenvalue weighted by Crippen LogP contribution is 2.50. The maximum Gasteiger partial charge on any atom is 0.227 e. The van der Waals surface area contributed by atoms with E-state index in [2.05, 4.69) is 36.6 Å². The minimum absolute atomic E-state index is 0.0242. The number of piperidine rings is 1. The van der Waals surface area contributed by atoms with Gasteiger partial charge in [-0.2, -0.15) is 0 Å². The maximum atomic E-state index is 15.0. The molecule has 8 nitrogen and oxygen atoms in total. The van der Waals surface area contributed by atoms with Crippen LogP contribution in [-0.2, 0) is 30.7 Å². The lowest BCUT2D eigenvalue weighted by Crippen LogP contribution is -2.39. The predicted molar refractivity (Wildman–Crippen MR) is 171 cm³/mol. The lowest BCUT2D eigenvalue weighted by atomic mass is 9.90. The van der Waals surface area contributed by atoms with Crippen molar-refractivity contribution in [2.24, 2.45) is 17.8 Å². The van der Waals surface area contributed by atoms with Crippen LogP contribution < -0.4 is 9.64 Å². The van der Waals surface area contributed by atoms with E-state index in [9.17, 15) is 4.79 Å². The summed E-state index contributed by atoms with van der Waals surface area (Å²) in [6.07, 6.45) is 10.6. The molecule has 4 aromatic rings. The largest absolute Gasteiger partial charge is 0.493 e. The lowest BCUT2D eigenvalue weighted by Gasteiger charge is -2.32. The molecule has 2 aliphatic heterocycles. The summed E-state index contributed by atoms with van der Waals surface area (Å²) in [6, 6.07) is 15.2. The van der Waals surface area contributed by atoms with Gasteiger partial charge < -0.3 is 19.1 Å². The van der Waals surface area contributed by atoms with Gasteiger partial charge in [-0.1, -0.05) is 48.0 Å². The molecule has 1 amide bonds. The number of carbonyl (C=O) groups excluding carboxylic acids is 1. The smallest absolute Gasteiger partial charge is 0.227 e. The highest BCUT2D eigenvalue weighted by molar-refractivity contribution is 6.30. The van der Waals surface area contributed by atoms with E-state index in [-0.39, 0.29) is 12.3 Å². The minimum atomic E-state index is -0.398. The van der Waals surface area contributed by atoms with Gasteiger partial charge in [-0.05, 0) is 60.6 Å². The summed E-state index contributed by atoms with van der Waals surface area (Å²) in [5.41, 5.74) is 2.77. The summed E-state index contributed by atoms with van der Waals surface area (Å²) in [5.74, 6) is 3.81. The van der Waals surface area contributed by atoms with Gasteiger partial charge in [0.05, 0.1) is 37.0 Å². The Kier molecular flexibility index (Phi) is 8.70. The number of rotatable bonds is 10. The van der Waals surface area contributed by atoms with Crippen molar-refractivity contribution in [2.45, 2.75) is 51.6 Å². The molecule has 0 radical (unpaired) electrons. The van der Waals surface area contributed by atoms with Crippen molar-refractivity contribution in [3.05, 3.63) is 101 Å². The molecular weight excluding hydrogens is 591 g/mol. The van der Waals surface area contributed by atoms with Crippen LogP contribution in [0.15, 0.2) is 67.1 Å². The highest BCUT2D eigenvalue weighted by Gasteiger charge is 2.43. The van der Waals surface area contributed by atoms with E-state index in [1.54, 1.807) is 29.4 Å². The molecule has 0 spiro atoms. The maximum absolute atomic E-state index is 15.0. The third-order valence-electron chi connectivity index (χ3n) is 9.66. The summed E-state index contributed by atoms with van der Waals surface area (Å²) in [7, 11) is 0. The summed E-state index contributed by atoms with van der Waals surface area (Å²) in [6.45, 7) is 4.23. The van der Waals surface area contributed by atoms with Crippen molar-refractivity contribution in [1.29, 1.82) is 0 Å². The molecule has 1 saturated carbocycles. The van der Waals surface area contributed by atoms with Crippen LogP contribution in [0.1, 0.15) is 48.3 Å². The number of anilines is 1. The molecule has 1 aliphatic carbocycles. The standard InChI is InChI=1S/C35H38ClFN6O2/c36-28-20-39-35(40-21-28)41-11-8-25(9-12-41)31-17-26(31)10-15-45-30-7-6-27(32(37)19-30)18-34(44)42-13-14-43-29(22-38-33(43)23-42)16-24-4-2-1-3-5-24/h1-7,19-22,25-26,31H,8-18,23H2/t26-,31-/m1/s1. The molecule has 2 atom stereocenters. The van der Waals surface area contributed by atoms with E-state index in [0.717, 1.165) is 68.1 Å². The number of halogens is 2. The number of hydrogen-bond acceptors (Lipinski definition) is 6. The fourth-order valence-corrected chi connectivity index (χ4v) is 7.12. The second kappa shape index (κ2) is 13.2. The third kappa shape index (κ3) is 6.98. The molecule has 2 aromatic heterocycles. The number of nitrogens with zero attached hydrogens (tertiary/aromatic N) is 6. The van der Waals surface area contributed by atoms with Gasteiger partial charge in [-0.15, -0.1) is 0 Å². The number of amides is 1. The normalized spacial score (nSPS) is 19.8. The van der Waals surface area contributed by atoms with Crippen LogP contribution in [0.4, 0.5) is 10.3 Å². The van der Waals surface area contributed by atoms with Crippen LogP contribution in [0, 0.1) is 23.6 Å². The Morgan fingerprint density at radius 2 is 1.78 bits per heavy atom. The van der Waals surface area contributed by atoms with Crippen LogP contribution in [0.3, 0.4) is 0 Å². The van der Waals surface area contributed by atoms with Gasteiger partial charge in [0, 0.05) is 50.6 Å². The second-order valence-electron chi connectivity index (χ2n) is 12.5. The van der Waals surface area contributed by atoms with E-state index in [1.807, 2.05) is 24.4 Å². The summed E-state index contributed by atoms with van der Waals surface area (Å²) in [4.78, 5) is 30.4. The van der Waals surface area contributed by atoms with E-state index in [0.29, 0.717) is 48.5 Å². The highest BCUT2D eigenvalue weighted by atomic mass is 35.5. The first-order valence-electron chi connectivity index (χ1n) is 16.0. The van der Waals surface area contributed by atoms with Crippen molar-refractivity contribution in [3.63, 3.8) is 0 Å². The van der Waals surface area contributed by atoms with Crippen molar-refractivity contribution < 1.29 is 13.9 Å². The monoisotopic (exact) mass is 628 g/mol. The van der Waals surface area contributed by atoms with Gasteiger partial charge in [0.25, 0.3) is 0 Å². The Morgan fingerprint density at radius 3 is 2.56 bits per heavy atom. The van der Waals surface area contributed by atoms with E-state index in [4.69, 9.17) is 16.3 Å². The summed E-state index contributed by atoms with van der Waals surface area (Å²) >= 11 is 5.92. The molecule has 0 N–H and O–H groups in total. The van der Waals surface area contributed by atoms with E-state index >= 15 is 4.39 Å². The topological polar surface area (TPSA) is 76.4 Å². The molecule has 234 valence electrons. The van der Waals surface area contributed by atoms with Gasteiger partial charge in [-0.25, -0.2) is 19.3 Å². The number of benzene rings is 2. The van der Waals surface area contributed by atoms with Gasteiger partial charge in [0.1, 0.15) is 17.4 Å². The van der Waals surface area contributed by atoms with Crippen LogP contribution >= 0.6 is 11.6 Å². The molecular formula is C35H38ClFN6O2. The molecule has 1 saturated heterocycles. The zero-order chi connectivity index (χ0) is 30.8. The first-order chi connectivity index (χ1) is 22.0. The van der Waals surface area contributed by atoms with Crippen LogP contribution in [0.2, 0.25) is 5.02 Å². The molecule has 3 aliphatic rings. The fraction of sp³-hybridized carbons (Fsp3) is 0.429. The summed E-state index contributed by atoms with van der Waals surface area (Å²) in [5, 5.41) is 0.557. The average Bonchev–Trinajstić information content (AvgIpc) is 3.74. The Labute approximate surface area is 268 Å². The molecule has 45 heavy (non-hydrogen) atoms. The van der Waals surface area contributed by atoms with Crippen LogP contribution in [0.5, 0.6) is 5.75 Å².